The van der Waals surface area contributed by atoms with Crippen LogP contribution in [0.4, 0.5) is 0 Å². The molecule has 0 atom stereocenters. The van der Waals surface area contributed by atoms with Crippen LogP contribution in [0, 0.1) is 0 Å². The van der Waals surface area contributed by atoms with Crippen LogP contribution in [0.1, 0.15) is 61.6 Å². The SMILES string of the molecule is COc1ccc2c(c1C1(C(=O)O)CCCCC1)CCCC2. The van der Waals surface area contributed by atoms with Crippen molar-refractivity contribution in [3.05, 3.63) is 28.8 Å². The summed E-state index contributed by atoms with van der Waals surface area (Å²) in [6.45, 7) is 0. The molecule has 0 spiro atoms. The number of aryl methyl sites for hydroxylation is 1. The van der Waals surface area contributed by atoms with Gasteiger partial charge in [-0.25, -0.2) is 0 Å². The summed E-state index contributed by atoms with van der Waals surface area (Å²) in [6, 6.07) is 4.12. The van der Waals surface area contributed by atoms with E-state index in [4.69, 9.17) is 4.74 Å². The lowest BCUT2D eigenvalue weighted by Gasteiger charge is -2.37. The number of hydrogen-bond donors (Lipinski definition) is 1. The summed E-state index contributed by atoms with van der Waals surface area (Å²) in [5.74, 6) is 0.111. The Morgan fingerprint density at radius 1 is 1.10 bits per heavy atom. The van der Waals surface area contributed by atoms with Crippen LogP contribution in [0.3, 0.4) is 0 Å². The number of aliphatic carboxylic acids is 1. The maximum Gasteiger partial charge on any atom is 0.314 e. The number of rotatable bonds is 3. The molecule has 1 saturated carbocycles. The molecule has 3 nitrogen and oxygen atoms in total. The molecule has 0 saturated heterocycles. The van der Waals surface area contributed by atoms with E-state index in [9.17, 15) is 9.90 Å². The van der Waals surface area contributed by atoms with Gasteiger partial charge in [0.25, 0.3) is 0 Å². The second-order valence-corrected chi connectivity index (χ2v) is 6.44. The van der Waals surface area contributed by atoms with Gasteiger partial charge in [-0.15, -0.1) is 0 Å². The van der Waals surface area contributed by atoms with Gasteiger partial charge in [0.2, 0.25) is 0 Å². The molecule has 0 unspecified atom stereocenters. The Labute approximate surface area is 126 Å². The van der Waals surface area contributed by atoms with Crippen molar-refractivity contribution in [1.29, 1.82) is 0 Å². The third-order valence-electron chi connectivity index (χ3n) is 5.31. The van der Waals surface area contributed by atoms with Crippen LogP contribution in [-0.2, 0) is 23.1 Å². The van der Waals surface area contributed by atoms with Crippen LogP contribution < -0.4 is 4.74 Å². The minimum atomic E-state index is -0.730. The van der Waals surface area contributed by atoms with Crippen LogP contribution in [0.2, 0.25) is 0 Å². The van der Waals surface area contributed by atoms with E-state index in [2.05, 4.69) is 6.07 Å². The van der Waals surface area contributed by atoms with Crippen LogP contribution in [0.25, 0.3) is 0 Å². The minimum absolute atomic E-state index is 0.667. The molecule has 3 heteroatoms. The fourth-order valence-corrected chi connectivity index (χ4v) is 4.23. The van der Waals surface area contributed by atoms with E-state index in [1.165, 1.54) is 17.5 Å². The van der Waals surface area contributed by atoms with Crippen LogP contribution in [0.15, 0.2) is 12.1 Å². The average molecular weight is 288 g/mol. The molecule has 0 aliphatic heterocycles. The second-order valence-electron chi connectivity index (χ2n) is 6.44. The number of methoxy groups -OCH3 is 1. The van der Waals surface area contributed by atoms with Crippen molar-refractivity contribution in [2.75, 3.05) is 7.11 Å². The highest BCUT2D eigenvalue weighted by atomic mass is 16.5. The molecule has 2 aliphatic carbocycles. The van der Waals surface area contributed by atoms with Gasteiger partial charge in [-0.2, -0.15) is 0 Å². The molecule has 3 rings (SSSR count). The fraction of sp³-hybridized carbons (Fsp3) is 0.611. The molecular formula is C18H24O3. The summed E-state index contributed by atoms with van der Waals surface area (Å²) in [5, 5.41) is 10.0. The Kier molecular flexibility index (Phi) is 3.92. The zero-order valence-corrected chi connectivity index (χ0v) is 12.8. The standard InChI is InChI=1S/C18H24O3/c1-21-15-10-9-13-7-3-4-8-14(13)16(15)18(17(19)20)11-5-2-6-12-18/h9-10H,2-8,11-12H2,1H3,(H,19,20). The predicted molar refractivity (Wildman–Crippen MR) is 82.0 cm³/mol. The normalized spacial score (nSPS) is 20.6. The number of hydrogen-bond acceptors (Lipinski definition) is 2. The third-order valence-corrected chi connectivity index (χ3v) is 5.31. The molecule has 0 bridgehead atoms. The Hall–Kier alpha value is -1.51. The molecule has 2 aliphatic rings. The van der Waals surface area contributed by atoms with Crippen LogP contribution in [0.5, 0.6) is 5.75 Å². The smallest absolute Gasteiger partial charge is 0.314 e. The number of fused-ring (bicyclic) bond motifs is 1. The molecule has 0 radical (unpaired) electrons. The third kappa shape index (κ3) is 2.33. The minimum Gasteiger partial charge on any atom is -0.496 e. The first-order valence-corrected chi connectivity index (χ1v) is 8.12. The summed E-state index contributed by atoms with van der Waals surface area (Å²) < 4.78 is 5.58. The molecule has 0 amide bonds. The van der Waals surface area contributed by atoms with Crippen LogP contribution >= 0.6 is 0 Å². The van der Waals surface area contributed by atoms with Gasteiger partial charge >= 0.3 is 5.97 Å². The van der Waals surface area contributed by atoms with Gasteiger partial charge in [-0.3, -0.25) is 4.79 Å². The first-order chi connectivity index (χ1) is 10.2. The monoisotopic (exact) mass is 288 g/mol. The van der Waals surface area contributed by atoms with Gasteiger partial charge in [0.05, 0.1) is 12.5 Å². The van der Waals surface area contributed by atoms with Gasteiger partial charge in [0.1, 0.15) is 5.75 Å². The van der Waals surface area contributed by atoms with Gasteiger partial charge in [0, 0.05) is 5.56 Å². The first-order valence-electron chi connectivity index (χ1n) is 8.12. The zero-order chi connectivity index (χ0) is 14.9. The van der Waals surface area contributed by atoms with Crippen molar-refractivity contribution >= 4 is 5.97 Å². The molecule has 1 aromatic carbocycles. The molecular weight excluding hydrogens is 264 g/mol. The van der Waals surface area contributed by atoms with Crippen molar-refractivity contribution in [2.45, 2.75) is 63.2 Å². The predicted octanol–water partition coefficient (Wildman–Crippen LogP) is 3.86. The maximum atomic E-state index is 12.2. The van der Waals surface area contributed by atoms with E-state index in [1.807, 2.05) is 6.07 Å². The number of carboxylic acids is 1. The summed E-state index contributed by atoms with van der Waals surface area (Å²) in [7, 11) is 1.66. The van der Waals surface area contributed by atoms with E-state index in [1.54, 1.807) is 7.11 Å². The van der Waals surface area contributed by atoms with E-state index < -0.39 is 11.4 Å². The highest BCUT2D eigenvalue weighted by Gasteiger charge is 2.45. The van der Waals surface area contributed by atoms with Crippen molar-refractivity contribution in [2.24, 2.45) is 0 Å². The van der Waals surface area contributed by atoms with Gasteiger partial charge in [-0.05, 0) is 55.7 Å². The molecule has 0 aromatic heterocycles. The van der Waals surface area contributed by atoms with Crippen molar-refractivity contribution in [1.82, 2.24) is 0 Å². The molecule has 21 heavy (non-hydrogen) atoms. The van der Waals surface area contributed by atoms with Crippen molar-refractivity contribution < 1.29 is 14.6 Å². The lowest BCUT2D eigenvalue weighted by Crippen LogP contribution is -2.39. The quantitative estimate of drug-likeness (QED) is 0.918. The van der Waals surface area contributed by atoms with Gasteiger partial charge < -0.3 is 9.84 Å². The Morgan fingerprint density at radius 3 is 2.48 bits per heavy atom. The number of carboxylic acid groups (broad SMARTS) is 1. The second kappa shape index (κ2) is 5.70. The highest BCUT2D eigenvalue weighted by molar-refractivity contribution is 5.83. The van der Waals surface area contributed by atoms with Gasteiger partial charge in [-0.1, -0.05) is 25.3 Å². The number of carbonyl (C=O) groups is 1. The van der Waals surface area contributed by atoms with E-state index in [0.717, 1.165) is 62.7 Å². The topological polar surface area (TPSA) is 46.5 Å². The number of ether oxygens (including phenoxy) is 1. The molecule has 1 aromatic rings. The summed E-state index contributed by atoms with van der Waals surface area (Å²) in [4.78, 5) is 12.2. The lowest BCUT2D eigenvalue weighted by molar-refractivity contribution is -0.145. The molecule has 114 valence electrons. The highest BCUT2D eigenvalue weighted by Crippen LogP contribution is 2.47. The Morgan fingerprint density at radius 2 is 1.81 bits per heavy atom. The molecule has 1 N–H and O–H groups in total. The molecule has 0 heterocycles. The van der Waals surface area contributed by atoms with Gasteiger partial charge in [0.15, 0.2) is 0 Å². The van der Waals surface area contributed by atoms with Crippen molar-refractivity contribution in [3.8, 4) is 5.75 Å². The lowest BCUT2D eigenvalue weighted by atomic mass is 9.66. The van der Waals surface area contributed by atoms with E-state index in [0.29, 0.717) is 0 Å². The van der Waals surface area contributed by atoms with Crippen molar-refractivity contribution in [3.63, 3.8) is 0 Å². The Balaban J connectivity index is 2.20. The summed E-state index contributed by atoms with van der Waals surface area (Å²) in [6.07, 6.45) is 9.07. The first kappa shape index (κ1) is 14.4. The molecule has 1 fully saturated rings. The van der Waals surface area contributed by atoms with E-state index in [-0.39, 0.29) is 0 Å². The van der Waals surface area contributed by atoms with E-state index >= 15 is 0 Å². The maximum absolute atomic E-state index is 12.2. The largest absolute Gasteiger partial charge is 0.496 e. The summed E-state index contributed by atoms with van der Waals surface area (Å²) >= 11 is 0. The van der Waals surface area contributed by atoms with Crippen LogP contribution in [-0.4, -0.2) is 18.2 Å². The average Bonchev–Trinajstić information content (AvgIpc) is 2.54. The number of benzene rings is 1. The Bertz CT molecular complexity index is 542. The zero-order valence-electron chi connectivity index (χ0n) is 12.8. The summed E-state index contributed by atoms with van der Waals surface area (Å²) in [5.41, 5.74) is 2.87. The fourth-order valence-electron chi connectivity index (χ4n) is 4.23.